The van der Waals surface area contributed by atoms with Crippen molar-refractivity contribution < 1.29 is 23.7 Å². The number of carbonyl (C=O) groups is 1. The number of ether oxygens (including phenoxy) is 4. The molecular weight excluding hydrogens is 370 g/mol. The van der Waals surface area contributed by atoms with Crippen LogP contribution in [0.15, 0.2) is 60.7 Å². The molecule has 2 aromatic rings. The molecule has 3 rings (SSSR count). The summed E-state index contributed by atoms with van der Waals surface area (Å²) >= 11 is 0. The van der Waals surface area contributed by atoms with Gasteiger partial charge in [0, 0.05) is 5.92 Å². The third-order valence-electron chi connectivity index (χ3n) is 5.06. The normalized spacial score (nSPS) is 25.5. The summed E-state index contributed by atoms with van der Waals surface area (Å²) in [5.74, 6) is -0.538. The average molecular weight is 399 g/mol. The molecule has 0 amide bonds. The number of carbonyl (C=O) groups excluding carboxylic acids is 1. The monoisotopic (exact) mass is 399 g/mol. The Bertz CT molecular complexity index is 739. The van der Waals surface area contributed by atoms with Gasteiger partial charge in [-0.15, -0.1) is 0 Å². The summed E-state index contributed by atoms with van der Waals surface area (Å²) in [6, 6.07) is 19.2. The molecule has 0 aromatic heterocycles. The predicted molar refractivity (Wildman–Crippen MR) is 109 cm³/mol. The van der Waals surface area contributed by atoms with E-state index in [9.17, 15) is 4.79 Å². The fraction of sp³-hybridized carbons (Fsp3) is 0.435. The Morgan fingerprint density at radius 1 is 1.00 bits per heavy atom. The van der Waals surface area contributed by atoms with E-state index in [4.69, 9.17) is 24.7 Å². The molecule has 1 saturated heterocycles. The van der Waals surface area contributed by atoms with Crippen molar-refractivity contribution in [3.63, 3.8) is 0 Å². The Morgan fingerprint density at radius 2 is 1.66 bits per heavy atom. The lowest BCUT2D eigenvalue weighted by Crippen LogP contribution is -2.40. The highest BCUT2D eigenvalue weighted by molar-refractivity contribution is 5.75. The first-order valence-corrected chi connectivity index (χ1v) is 9.94. The minimum absolute atomic E-state index is 0.0908. The molecule has 0 bridgehead atoms. The number of hydrogen-bond donors (Lipinski definition) is 1. The van der Waals surface area contributed by atoms with Crippen LogP contribution in [-0.2, 0) is 36.8 Å². The number of rotatable bonds is 7. The average Bonchev–Trinajstić information content (AvgIpc) is 2.78. The van der Waals surface area contributed by atoms with Crippen molar-refractivity contribution in [2.45, 2.75) is 38.2 Å². The van der Waals surface area contributed by atoms with Crippen molar-refractivity contribution in [2.24, 2.45) is 11.7 Å². The molecular formula is C23H29NO5. The molecule has 6 nitrogen and oxygen atoms in total. The highest BCUT2D eigenvalue weighted by Crippen LogP contribution is 2.23. The van der Waals surface area contributed by atoms with Crippen molar-refractivity contribution in [2.75, 3.05) is 20.0 Å². The van der Waals surface area contributed by atoms with E-state index in [1.54, 1.807) is 0 Å². The third kappa shape index (κ3) is 6.65. The van der Waals surface area contributed by atoms with Crippen LogP contribution in [0, 0.1) is 5.92 Å². The lowest BCUT2D eigenvalue weighted by atomic mass is 9.89. The number of nitrogens with two attached hydrogens (primary N) is 1. The Morgan fingerprint density at radius 3 is 2.34 bits per heavy atom. The van der Waals surface area contributed by atoms with Gasteiger partial charge in [0.05, 0.1) is 25.9 Å². The van der Waals surface area contributed by atoms with E-state index in [-0.39, 0.29) is 31.5 Å². The minimum Gasteiger partial charge on any atom is -0.461 e. The quantitative estimate of drug-likeness (QED) is 0.438. The summed E-state index contributed by atoms with van der Waals surface area (Å²) in [5.41, 5.74) is 8.06. The molecule has 0 radical (unpaired) electrons. The second-order valence-electron chi connectivity index (χ2n) is 7.30. The number of cyclic esters (lactones) is 1. The van der Waals surface area contributed by atoms with Crippen LogP contribution >= 0.6 is 0 Å². The Hall–Kier alpha value is -2.25. The van der Waals surface area contributed by atoms with Crippen molar-refractivity contribution in [1.82, 2.24) is 0 Å². The molecule has 29 heavy (non-hydrogen) atoms. The van der Waals surface area contributed by atoms with Gasteiger partial charge in [-0.3, -0.25) is 4.79 Å². The van der Waals surface area contributed by atoms with Gasteiger partial charge in [-0.25, -0.2) is 0 Å². The third-order valence-corrected chi connectivity index (χ3v) is 5.06. The zero-order valence-electron chi connectivity index (χ0n) is 16.7. The Kier molecular flexibility index (Phi) is 8.19. The van der Waals surface area contributed by atoms with Gasteiger partial charge in [0.25, 0.3) is 0 Å². The number of esters is 1. The second kappa shape index (κ2) is 11.1. The summed E-state index contributed by atoms with van der Waals surface area (Å²) < 4.78 is 23.0. The highest BCUT2D eigenvalue weighted by atomic mass is 16.7. The first-order chi connectivity index (χ1) is 14.1. The maximum Gasteiger partial charge on any atom is 0.325 e. The minimum atomic E-state index is -0.789. The van der Waals surface area contributed by atoms with E-state index in [0.29, 0.717) is 19.6 Å². The SMILES string of the molecule is C[C@@H]1OC(=O)[C@@H](N)COC[C@H](OCOCc2ccccc2)[C@H]1Cc1ccccc1. The van der Waals surface area contributed by atoms with Crippen molar-refractivity contribution in [1.29, 1.82) is 0 Å². The van der Waals surface area contributed by atoms with Crippen LogP contribution in [0.5, 0.6) is 0 Å². The zero-order valence-corrected chi connectivity index (χ0v) is 16.7. The second-order valence-corrected chi connectivity index (χ2v) is 7.30. The molecule has 0 aliphatic carbocycles. The molecule has 1 aliphatic heterocycles. The first kappa shape index (κ1) is 21.5. The smallest absolute Gasteiger partial charge is 0.325 e. The van der Waals surface area contributed by atoms with Crippen molar-refractivity contribution >= 4 is 5.97 Å². The fourth-order valence-corrected chi connectivity index (χ4v) is 3.39. The number of hydrogen-bond acceptors (Lipinski definition) is 6. The van der Waals surface area contributed by atoms with Crippen LogP contribution < -0.4 is 5.73 Å². The lowest BCUT2D eigenvalue weighted by Gasteiger charge is -2.30. The Labute approximate surface area is 171 Å². The maximum absolute atomic E-state index is 12.2. The van der Waals surface area contributed by atoms with E-state index >= 15 is 0 Å². The lowest BCUT2D eigenvalue weighted by molar-refractivity contribution is -0.160. The van der Waals surface area contributed by atoms with E-state index in [1.165, 1.54) is 0 Å². The number of benzene rings is 2. The molecule has 156 valence electrons. The molecule has 1 heterocycles. The van der Waals surface area contributed by atoms with E-state index in [1.807, 2.05) is 55.5 Å². The van der Waals surface area contributed by atoms with E-state index in [0.717, 1.165) is 11.1 Å². The standard InChI is InChI=1S/C23H29NO5/c1-17-20(12-18-8-4-2-5-9-18)22(15-26-14-21(24)23(25)29-17)28-16-27-13-19-10-6-3-7-11-19/h2-11,17,20-22H,12-16,24H2,1H3/t17-,20-,21-,22-/m0/s1. The molecule has 0 unspecified atom stereocenters. The highest BCUT2D eigenvalue weighted by Gasteiger charge is 2.34. The van der Waals surface area contributed by atoms with Gasteiger partial charge >= 0.3 is 5.97 Å². The molecule has 2 N–H and O–H groups in total. The Balaban J connectivity index is 1.65. The summed E-state index contributed by atoms with van der Waals surface area (Å²) in [7, 11) is 0. The van der Waals surface area contributed by atoms with Crippen LogP contribution in [0.4, 0.5) is 0 Å². The van der Waals surface area contributed by atoms with Crippen LogP contribution in [0.1, 0.15) is 18.1 Å². The first-order valence-electron chi connectivity index (χ1n) is 9.94. The van der Waals surface area contributed by atoms with Gasteiger partial charge in [-0.1, -0.05) is 60.7 Å². The fourth-order valence-electron chi connectivity index (χ4n) is 3.39. The maximum atomic E-state index is 12.2. The van der Waals surface area contributed by atoms with Gasteiger partial charge in [-0.2, -0.15) is 0 Å². The summed E-state index contributed by atoms with van der Waals surface area (Å²) in [6.07, 6.45) is 0.0331. The topological polar surface area (TPSA) is 80.0 Å². The van der Waals surface area contributed by atoms with Crippen molar-refractivity contribution in [3.05, 3.63) is 71.8 Å². The van der Waals surface area contributed by atoms with Gasteiger partial charge in [0.1, 0.15) is 18.9 Å². The van der Waals surface area contributed by atoms with Crippen LogP contribution in [0.3, 0.4) is 0 Å². The summed E-state index contributed by atoms with van der Waals surface area (Å²) in [6.45, 7) is 2.90. The van der Waals surface area contributed by atoms with Crippen LogP contribution in [0.25, 0.3) is 0 Å². The molecule has 4 atom stereocenters. The van der Waals surface area contributed by atoms with E-state index < -0.39 is 12.0 Å². The van der Waals surface area contributed by atoms with E-state index in [2.05, 4.69) is 12.1 Å². The molecule has 1 fully saturated rings. The largest absolute Gasteiger partial charge is 0.461 e. The van der Waals surface area contributed by atoms with Gasteiger partial charge in [0.2, 0.25) is 0 Å². The zero-order chi connectivity index (χ0) is 20.5. The van der Waals surface area contributed by atoms with Crippen LogP contribution in [-0.4, -0.2) is 44.2 Å². The molecule has 0 spiro atoms. The van der Waals surface area contributed by atoms with Gasteiger partial charge in [-0.05, 0) is 24.5 Å². The van der Waals surface area contributed by atoms with Gasteiger partial charge in [0.15, 0.2) is 0 Å². The summed E-state index contributed by atoms with van der Waals surface area (Å²) in [5, 5.41) is 0. The van der Waals surface area contributed by atoms with Gasteiger partial charge < -0.3 is 24.7 Å². The predicted octanol–water partition coefficient (Wildman–Crippen LogP) is 2.69. The molecule has 1 aliphatic rings. The molecule has 6 heteroatoms. The van der Waals surface area contributed by atoms with Crippen molar-refractivity contribution in [3.8, 4) is 0 Å². The molecule has 2 aromatic carbocycles. The molecule has 0 saturated carbocycles. The summed E-state index contributed by atoms with van der Waals surface area (Å²) in [4.78, 5) is 12.2. The van der Waals surface area contributed by atoms with Crippen LogP contribution in [0.2, 0.25) is 0 Å².